The van der Waals surface area contributed by atoms with Gasteiger partial charge in [0.15, 0.2) is 5.96 Å². The minimum absolute atomic E-state index is 0.527. The number of hydrogen-bond acceptors (Lipinski definition) is 4. The van der Waals surface area contributed by atoms with E-state index in [1.165, 1.54) is 17.7 Å². The number of guanidine groups is 1. The Kier molecular flexibility index (Phi) is 10.0. The van der Waals surface area contributed by atoms with Crippen molar-refractivity contribution in [2.45, 2.75) is 45.6 Å². The third kappa shape index (κ3) is 8.06. The van der Waals surface area contributed by atoms with Crippen LogP contribution in [-0.4, -0.2) is 63.3 Å². The molecule has 1 aliphatic heterocycles. The monoisotopic (exact) mass is 380 g/mol. The minimum atomic E-state index is 0.527. The van der Waals surface area contributed by atoms with E-state index in [1.54, 1.807) is 7.11 Å². The molecule has 1 saturated heterocycles. The molecule has 1 aliphatic rings. The van der Waals surface area contributed by atoms with Crippen LogP contribution in [0.4, 0.5) is 0 Å². The van der Waals surface area contributed by atoms with E-state index >= 15 is 0 Å². The zero-order valence-corrected chi connectivity index (χ0v) is 17.5. The lowest BCUT2D eigenvalue weighted by atomic mass is 10.1. The molecule has 1 fully saturated rings. The average molecular weight is 381 g/mol. The van der Waals surface area contributed by atoms with Crippen molar-refractivity contribution in [3.63, 3.8) is 0 Å². The summed E-state index contributed by atoms with van der Waals surface area (Å²) in [6, 6.07) is 4.87. The van der Waals surface area contributed by atoms with Gasteiger partial charge in [-0.25, -0.2) is 0 Å². The number of hydrogen-bond donors (Lipinski definition) is 2. The molecule has 0 aromatic carbocycles. The number of methoxy groups -OCH3 is 1. The molecule has 1 aromatic rings. The quantitative estimate of drug-likeness (QED) is 0.372. The van der Waals surface area contributed by atoms with Gasteiger partial charge in [-0.15, -0.1) is 11.3 Å². The summed E-state index contributed by atoms with van der Waals surface area (Å²) in [5.74, 6) is 1.54. The lowest BCUT2D eigenvalue weighted by Crippen LogP contribution is -2.49. The first-order valence-electron chi connectivity index (χ1n) is 9.99. The van der Waals surface area contributed by atoms with E-state index in [1.807, 2.05) is 11.3 Å². The van der Waals surface area contributed by atoms with Crippen LogP contribution in [0.3, 0.4) is 0 Å². The Balaban J connectivity index is 1.73. The summed E-state index contributed by atoms with van der Waals surface area (Å²) in [6.45, 7) is 10.5. The smallest absolute Gasteiger partial charge is 0.191 e. The van der Waals surface area contributed by atoms with Crippen LogP contribution in [0.25, 0.3) is 0 Å². The Morgan fingerprint density at radius 3 is 2.88 bits per heavy atom. The van der Waals surface area contributed by atoms with Gasteiger partial charge in [0, 0.05) is 57.4 Å². The highest BCUT2D eigenvalue weighted by Crippen LogP contribution is 2.15. The molecule has 1 atom stereocenters. The third-order valence-corrected chi connectivity index (χ3v) is 5.68. The van der Waals surface area contributed by atoms with Crippen molar-refractivity contribution in [3.8, 4) is 0 Å². The molecule has 5 nitrogen and oxygen atoms in total. The van der Waals surface area contributed by atoms with Crippen LogP contribution in [0.2, 0.25) is 0 Å². The first-order valence-corrected chi connectivity index (χ1v) is 10.9. The van der Waals surface area contributed by atoms with Gasteiger partial charge >= 0.3 is 0 Å². The predicted molar refractivity (Wildman–Crippen MR) is 112 cm³/mol. The zero-order chi connectivity index (χ0) is 18.6. The van der Waals surface area contributed by atoms with Crippen LogP contribution >= 0.6 is 11.3 Å². The first kappa shape index (κ1) is 21.2. The highest BCUT2D eigenvalue weighted by molar-refractivity contribution is 7.09. The van der Waals surface area contributed by atoms with E-state index in [9.17, 15) is 0 Å². The topological polar surface area (TPSA) is 48.9 Å². The number of piperidine rings is 1. The molecule has 26 heavy (non-hydrogen) atoms. The van der Waals surface area contributed by atoms with Crippen molar-refractivity contribution in [2.75, 3.05) is 46.4 Å². The molecule has 0 spiro atoms. The molecule has 1 aromatic heterocycles. The molecule has 2 rings (SSSR count). The Morgan fingerprint density at radius 2 is 2.23 bits per heavy atom. The van der Waals surface area contributed by atoms with Crippen LogP contribution in [0.5, 0.6) is 0 Å². The van der Waals surface area contributed by atoms with Gasteiger partial charge < -0.3 is 20.3 Å². The van der Waals surface area contributed by atoms with Crippen molar-refractivity contribution in [3.05, 3.63) is 22.4 Å². The van der Waals surface area contributed by atoms with Crippen molar-refractivity contribution in [1.82, 2.24) is 15.5 Å². The van der Waals surface area contributed by atoms with Crippen molar-refractivity contribution < 1.29 is 4.74 Å². The molecule has 1 unspecified atom stereocenters. The second kappa shape index (κ2) is 12.3. The van der Waals surface area contributed by atoms with Gasteiger partial charge in [0.2, 0.25) is 0 Å². The van der Waals surface area contributed by atoms with E-state index in [4.69, 9.17) is 9.73 Å². The fourth-order valence-electron chi connectivity index (χ4n) is 3.33. The molecular weight excluding hydrogens is 344 g/mol. The Labute approximate surface area is 163 Å². The van der Waals surface area contributed by atoms with E-state index < -0.39 is 0 Å². The van der Waals surface area contributed by atoms with Gasteiger partial charge in [-0.05, 0) is 50.0 Å². The standard InChI is InChI=1S/C20H36N4OS/c1-4-21-20(22-16-17(2)15-19-7-5-14-26-19)23-18-8-11-24(12-9-18)10-6-13-25-3/h5,7,14,17-18H,4,6,8-13,15-16H2,1-3H3,(H2,21,22,23). The maximum absolute atomic E-state index is 5.15. The number of rotatable bonds is 10. The summed E-state index contributed by atoms with van der Waals surface area (Å²) >= 11 is 1.84. The first-order chi connectivity index (χ1) is 12.7. The van der Waals surface area contributed by atoms with E-state index in [2.05, 4.69) is 46.9 Å². The Hall–Kier alpha value is -1.11. The van der Waals surface area contributed by atoms with Crippen molar-refractivity contribution in [2.24, 2.45) is 10.9 Å². The molecule has 2 N–H and O–H groups in total. The second-order valence-corrected chi connectivity index (χ2v) is 8.25. The number of ether oxygens (including phenoxy) is 1. The van der Waals surface area contributed by atoms with Crippen LogP contribution in [-0.2, 0) is 11.2 Å². The SMILES string of the molecule is CCNC(=NCC(C)Cc1cccs1)NC1CCN(CCCOC)CC1. The summed E-state index contributed by atoms with van der Waals surface area (Å²) in [5.41, 5.74) is 0. The largest absolute Gasteiger partial charge is 0.385 e. The molecule has 0 radical (unpaired) electrons. The normalized spacial score (nSPS) is 18.0. The maximum atomic E-state index is 5.15. The Bertz CT molecular complexity index is 498. The lowest BCUT2D eigenvalue weighted by Gasteiger charge is -2.33. The fraction of sp³-hybridized carbons (Fsp3) is 0.750. The molecule has 148 valence electrons. The molecule has 0 aliphatic carbocycles. The van der Waals surface area contributed by atoms with Crippen molar-refractivity contribution >= 4 is 17.3 Å². The van der Waals surface area contributed by atoms with Gasteiger partial charge in [0.25, 0.3) is 0 Å². The predicted octanol–water partition coefficient (Wildman–Crippen LogP) is 2.98. The number of likely N-dealkylation sites (tertiary alicyclic amines) is 1. The molecule has 2 heterocycles. The number of aliphatic imine (C=N–C) groups is 1. The highest BCUT2D eigenvalue weighted by atomic mass is 32.1. The minimum Gasteiger partial charge on any atom is -0.385 e. The fourth-order valence-corrected chi connectivity index (χ4v) is 4.20. The van der Waals surface area contributed by atoms with Crippen LogP contribution in [0, 0.1) is 5.92 Å². The third-order valence-electron chi connectivity index (χ3n) is 4.79. The average Bonchev–Trinajstić information content (AvgIpc) is 3.14. The van der Waals surface area contributed by atoms with E-state index in [0.29, 0.717) is 12.0 Å². The summed E-state index contributed by atoms with van der Waals surface area (Å²) in [7, 11) is 1.78. The summed E-state index contributed by atoms with van der Waals surface area (Å²) in [5, 5.41) is 9.21. The van der Waals surface area contributed by atoms with E-state index in [-0.39, 0.29) is 0 Å². The zero-order valence-electron chi connectivity index (χ0n) is 16.7. The van der Waals surface area contributed by atoms with Crippen LogP contribution in [0.15, 0.2) is 22.5 Å². The summed E-state index contributed by atoms with van der Waals surface area (Å²) in [6.07, 6.45) is 4.60. The van der Waals surface area contributed by atoms with Crippen LogP contribution in [0.1, 0.15) is 38.0 Å². The molecule has 0 bridgehead atoms. The molecular formula is C20H36N4OS. The molecule has 0 amide bonds. The van der Waals surface area contributed by atoms with Gasteiger partial charge in [0.05, 0.1) is 0 Å². The number of nitrogens with zero attached hydrogens (tertiary/aromatic N) is 2. The second-order valence-electron chi connectivity index (χ2n) is 7.21. The molecule has 0 saturated carbocycles. The maximum Gasteiger partial charge on any atom is 0.191 e. The van der Waals surface area contributed by atoms with Gasteiger partial charge in [-0.3, -0.25) is 4.99 Å². The Morgan fingerprint density at radius 1 is 1.42 bits per heavy atom. The number of nitrogens with one attached hydrogen (secondary N) is 2. The van der Waals surface area contributed by atoms with Gasteiger partial charge in [0.1, 0.15) is 0 Å². The van der Waals surface area contributed by atoms with Gasteiger partial charge in [-0.2, -0.15) is 0 Å². The van der Waals surface area contributed by atoms with E-state index in [0.717, 1.165) is 58.1 Å². The van der Waals surface area contributed by atoms with Gasteiger partial charge in [-0.1, -0.05) is 13.0 Å². The van der Waals surface area contributed by atoms with Crippen LogP contribution < -0.4 is 10.6 Å². The highest BCUT2D eigenvalue weighted by Gasteiger charge is 2.19. The summed E-state index contributed by atoms with van der Waals surface area (Å²) < 4.78 is 5.15. The molecule has 6 heteroatoms. The van der Waals surface area contributed by atoms with Crippen molar-refractivity contribution in [1.29, 1.82) is 0 Å². The number of thiophene rings is 1. The lowest BCUT2D eigenvalue weighted by molar-refractivity contribution is 0.155. The summed E-state index contributed by atoms with van der Waals surface area (Å²) in [4.78, 5) is 8.83.